The fraction of sp³-hybridized carbons (Fsp3) is 0.0476. The number of rotatable bonds is 6. The molecule has 12 heteroatoms. The molecule has 0 spiro atoms. The quantitative estimate of drug-likeness (QED) is 0.400. The zero-order chi connectivity index (χ0) is 24.4. The van der Waals surface area contributed by atoms with E-state index in [0.717, 1.165) is 42.5 Å². The molecule has 0 aromatic heterocycles. The lowest BCUT2D eigenvalue weighted by molar-refractivity contribution is -0.138. The van der Waals surface area contributed by atoms with Gasteiger partial charge in [-0.1, -0.05) is 12.1 Å². The minimum Gasteiger partial charge on any atom is -0.456 e. The van der Waals surface area contributed by atoms with Crippen LogP contribution in [0.2, 0.25) is 0 Å². The highest BCUT2D eigenvalue weighted by atomic mass is 32.2. The minimum atomic E-state index is -4.97. The van der Waals surface area contributed by atoms with Gasteiger partial charge in [0.2, 0.25) is 10.0 Å². The van der Waals surface area contributed by atoms with Crippen LogP contribution in [-0.2, 0) is 16.2 Å². The van der Waals surface area contributed by atoms with Crippen LogP contribution in [0.3, 0.4) is 0 Å². The van der Waals surface area contributed by atoms with Gasteiger partial charge in [-0.05, 0) is 48.5 Å². The first-order valence-corrected chi connectivity index (χ1v) is 10.5. The van der Waals surface area contributed by atoms with Crippen LogP contribution in [-0.4, -0.2) is 20.6 Å². The molecule has 0 radical (unpaired) electrons. The second kappa shape index (κ2) is 9.00. The summed E-state index contributed by atoms with van der Waals surface area (Å²) >= 11 is 0. The first-order valence-electron chi connectivity index (χ1n) is 8.97. The summed E-state index contributed by atoms with van der Waals surface area (Å²) in [6.07, 6.45) is -4.73. The van der Waals surface area contributed by atoms with Crippen molar-refractivity contribution < 1.29 is 40.3 Å². The van der Waals surface area contributed by atoms with Crippen molar-refractivity contribution in [2.75, 3.05) is 5.32 Å². The predicted octanol–water partition coefficient (Wildman–Crippen LogP) is 4.35. The molecule has 0 saturated carbocycles. The van der Waals surface area contributed by atoms with Crippen LogP contribution in [0.25, 0.3) is 0 Å². The third-order valence-corrected chi connectivity index (χ3v) is 5.21. The predicted molar refractivity (Wildman–Crippen MR) is 109 cm³/mol. The molecular formula is C21H14F4N2O5S. The van der Waals surface area contributed by atoms with Crippen molar-refractivity contribution >= 4 is 27.9 Å². The maximum absolute atomic E-state index is 13.6. The summed E-state index contributed by atoms with van der Waals surface area (Å²) in [4.78, 5) is 23.7. The number of carbonyl (C=O) groups is 2. The van der Waals surface area contributed by atoms with Gasteiger partial charge < -0.3 is 10.1 Å². The van der Waals surface area contributed by atoms with Crippen molar-refractivity contribution in [1.29, 1.82) is 0 Å². The number of carbonyl (C=O) groups excluding carboxylic acids is 2. The minimum absolute atomic E-state index is 0.148. The Labute approximate surface area is 184 Å². The van der Waals surface area contributed by atoms with Gasteiger partial charge in [0.25, 0.3) is 5.91 Å². The van der Waals surface area contributed by atoms with Crippen LogP contribution in [0.5, 0.6) is 11.5 Å². The number of hydrogen-bond acceptors (Lipinski definition) is 5. The van der Waals surface area contributed by atoms with Gasteiger partial charge in [0.1, 0.15) is 17.3 Å². The Hall–Kier alpha value is -3.77. The topological polar surface area (TPSA) is 116 Å². The maximum Gasteiger partial charge on any atom is 0.417 e. The summed E-state index contributed by atoms with van der Waals surface area (Å²) in [6.45, 7) is 0. The number of amides is 1. The van der Waals surface area contributed by atoms with Crippen molar-refractivity contribution in [1.82, 2.24) is 0 Å². The molecular weight excluding hydrogens is 468 g/mol. The van der Waals surface area contributed by atoms with E-state index in [9.17, 15) is 35.6 Å². The molecule has 3 aromatic carbocycles. The van der Waals surface area contributed by atoms with Gasteiger partial charge in [-0.15, -0.1) is 0 Å². The molecule has 0 aliphatic heterocycles. The van der Waals surface area contributed by atoms with E-state index in [-0.39, 0.29) is 28.2 Å². The normalized spacial score (nSPS) is 11.7. The van der Waals surface area contributed by atoms with Gasteiger partial charge in [0, 0.05) is 5.69 Å². The molecule has 3 aromatic rings. The fourth-order valence-corrected chi connectivity index (χ4v) is 3.41. The Morgan fingerprint density at radius 1 is 1.00 bits per heavy atom. The maximum atomic E-state index is 13.6. The molecule has 172 valence electrons. The van der Waals surface area contributed by atoms with Crippen molar-refractivity contribution in [3.63, 3.8) is 0 Å². The van der Waals surface area contributed by atoms with Crippen LogP contribution >= 0.6 is 0 Å². The molecule has 0 saturated heterocycles. The summed E-state index contributed by atoms with van der Waals surface area (Å²) in [5.74, 6) is -2.91. The van der Waals surface area contributed by atoms with Gasteiger partial charge in [-0.2, -0.15) is 13.2 Å². The lowest BCUT2D eigenvalue weighted by Gasteiger charge is -2.18. The summed E-state index contributed by atoms with van der Waals surface area (Å²) < 4.78 is 82.7. The van der Waals surface area contributed by atoms with Crippen molar-refractivity contribution in [3.05, 3.63) is 83.2 Å². The van der Waals surface area contributed by atoms with Crippen LogP contribution in [0.4, 0.5) is 23.2 Å². The van der Waals surface area contributed by atoms with Crippen molar-refractivity contribution in [2.45, 2.75) is 11.1 Å². The SMILES string of the molecule is NS(=O)(=O)c1cccc(NC(=O)c2c(Oc3ccc(F)cc3C=O)cccc2C(F)(F)F)c1. The first-order chi connectivity index (χ1) is 15.4. The van der Waals surface area contributed by atoms with E-state index in [2.05, 4.69) is 5.32 Å². The molecule has 0 aliphatic carbocycles. The van der Waals surface area contributed by atoms with Crippen LogP contribution in [0, 0.1) is 5.82 Å². The summed E-state index contributed by atoms with van der Waals surface area (Å²) in [7, 11) is -4.14. The van der Waals surface area contributed by atoms with E-state index in [0.29, 0.717) is 6.07 Å². The number of aldehydes is 1. The average molecular weight is 482 g/mol. The van der Waals surface area contributed by atoms with E-state index in [1.807, 2.05) is 0 Å². The molecule has 0 heterocycles. The largest absolute Gasteiger partial charge is 0.456 e. The third kappa shape index (κ3) is 5.54. The van der Waals surface area contributed by atoms with E-state index in [1.165, 1.54) is 12.1 Å². The van der Waals surface area contributed by atoms with Gasteiger partial charge in [-0.25, -0.2) is 17.9 Å². The van der Waals surface area contributed by atoms with E-state index >= 15 is 0 Å². The molecule has 0 fully saturated rings. The second-order valence-corrected chi connectivity index (χ2v) is 8.17. The average Bonchev–Trinajstić information content (AvgIpc) is 2.73. The van der Waals surface area contributed by atoms with Gasteiger partial charge in [0.15, 0.2) is 6.29 Å². The highest BCUT2D eigenvalue weighted by molar-refractivity contribution is 7.89. The number of nitrogens with two attached hydrogens (primary N) is 1. The lowest BCUT2D eigenvalue weighted by atomic mass is 10.0. The Kier molecular flexibility index (Phi) is 6.51. The summed E-state index contributed by atoms with van der Waals surface area (Å²) in [5, 5.41) is 7.21. The molecule has 1 amide bonds. The lowest BCUT2D eigenvalue weighted by Crippen LogP contribution is -2.20. The highest BCUT2D eigenvalue weighted by Gasteiger charge is 2.37. The number of anilines is 1. The summed E-state index contributed by atoms with van der Waals surface area (Å²) in [5.41, 5.74) is -2.73. The molecule has 0 unspecified atom stereocenters. The Balaban J connectivity index is 2.08. The third-order valence-electron chi connectivity index (χ3n) is 4.30. The summed E-state index contributed by atoms with van der Waals surface area (Å²) in [6, 6.07) is 10.0. The fourth-order valence-electron chi connectivity index (χ4n) is 2.85. The highest BCUT2D eigenvalue weighted by Crippen LogP contribution is 2.38. The zero-order valence-corrected chi connectivity index (χ0v) is 17.2. The number of nitrogens with one attached hydrogen (secondary N) is 1. The van der Waals surface area contributed by atoms with Crippen LogP contribution in [0.15, 0.2) is 65.6 Å². The molecule has 0 bridgehead atoms. The van der Waals surface area contributed by atoms with Crippen molar-refractivity contribution in [2.24, 2.45) is 5.14 Å². The number of benzene rings is 3. The Morgan fingerprint density at radius 2 is 1.70 bits per heavy atom. The standard InChI is InChI=1S/C21H14F4N2O5S/c22-13-7-8-17(12(9-13)11-28)32-18-6-2-5-16(21(23,24)25)19(18)20(29)27-14-3-1-4-15(10-14)33(26,30)31/h1-11H,(H,27,29)(H2,26,30,31). The smallest absolute Gasteiger partial charge is 0.417 e. The first kappa shape index (κ1) is 23.9. The number of sulfonamides is 1. The number of alkyl halides is 3. The van der Waals surface area contributed by atoms with Crippen LogP contribution in [0.1, 0.15) is 26.3 Å². The van der Waals surface area contributed by atoms with Crippen LogP contribution < -0.4 is 15.2 Å². The Bertz CT molecular complexity index is 1340. The molecule has 0 aliphatic rings. The number of primary sulfonamides is 1. The van der Waals surface area contributed by atoms with E-state index < -0.39 is 44.8 Å². The van der Waals surface area contributed by atoms with E-state index in [4.69, 9.17) is 9.88 Å². The molecule has 3 N–H and O–H groups in total. The molecule has 0 atom stereocenters. The number of halogens is 4. The van der Waals surface area contributed by atoms with Crippen molar-refractivity contribution in [3.8, 4) is 11.5 Å². The second-order valence-electron chi connectivity index (χ2n) is 6.61. The van der Waals surface area contributed by atoms with E-state index in [1.54, 1.807) is 0 Å². The molecule has 3 rings (SSSR count). The molecule has 33 heavy (non-hydrogen) atoms. The van der Waals surface area contributed by atoms with Gasteiger partial charge >= 0.3 is 6.18 Å². The van der Waals surface area contributed by atoms with Gasteiger partial charge in [-0.3, -0.25) is 9.59 Å². The monoisotopic (exact) mass is 482 g/mol. The van der Waals surface area contributed by atoms with Gasteiger partial charge in [0.05, 0.1) is 21.6 Å². The molecule has 7 nitrogen and oxygen atoms in total. The number of ether oxygens (including phenoxy) is 1. The Morgan fingerprint density at radius 3 is 2.33 bits per heavy atom. The number of hydrogen-bond donors (Lipinski definition) is 2. The zero-order valence-electron chi connectivity index (χ0n) is 16.4.